The van der Waals surface area contributed by atoms with E-state index < -0.39 is 6.43 Å². The summed E-state index contributed by atoms with van der Waals surface area (Å²) in [5, 5.41) is 7.90. The molecule has 3 rings (SSSR count). The Hall–Kier alpha value is -2.90. The van der Waals surface area contributed by atoms with Crippen LogP contribution in [0.15, 0.2) is 36.7 Å². The highest BCUT2D eigenvalue weighted by Gasteiger charge is 2.10. The number of aromatic nitrogens is 5. The summed E-state index contributed by atoms with van der Waals surface area (Å²) in [7, 11) is 0. The molecule has 0 unspecified atom stereocenters. The second-order valence-corrected chi connectivity index (χ2v) is 5.26. The molecule has 1 aromatic carbocycles. The Kier molecular flexibility index (Phi) is 4.45. The van der Waals surface area contributed by atoms with Crippen molar-refractivity contribution in [2.75, 3.05) is 0 Å². The molecule has 0 atom stereocenters. The Morgan fingerprint density at radius 1 is 1.25 bits per heavy atom. The molecule has 124 valence electrons. The van der Waals surface area contributed by atoms with Crippen LogP contribution in [0.1, 0.15) is 28.9 Å². The molecular weight excluding hydrogens is 316 g/mol. The molecule has 0 fully saturated rings. The number of hydrogen-bond donors (Lipinski definition) is 0. The fourth-order valence-corrected chi connectivity index (χ4v) is 2.01. The van der Waals surface area contributed by atoms with E-state index >= 15 is 0 Å². The summed E-state index contributed by atoms with van der Waals surface area (Å²) in [6, 6.07) is 6.23. The largest absolute Gasteiger partial charge is 0.457 e. The van der Waals surface area contributed by atoms with Crippen LogP contribution in [0, 0.1) is 13.8 Å². The summed E-state index contributed by atoms with van der Waals surface area (Å²) in [5.74, 6) is 0. The first kappa shape index (κ1) is 16.0. The van der Waals surface area contributed by atoms with Crippen LogP contribution < -0.4 is 4.74 Å². The van der Waals surface area contributed by atoms with Gasteiger partial charge < -0.3 is 4.74 Å². The summed E-state index contributed by atoms with van der Waals surface area (Å²) in [6.07, 6.45) is 0.772. The smallest absolute Gasteiger partial charge is 0.316 e. The van der Waals surface area contributed by atoms with Gasteiger partial charge in [0.15, 0.2) is 0 Å². The molecule has 6 nitrogen and oxygen atoms in total. The van der Waals surface area contributed by atoms with Gasteiger partial charge in [-0.3, -0.25) is 0 Å². The third-order valence-corrected chi connectivity index (χ3v) is 3.48. The predicted molar refractivity (Wildman–Crippen MR) is 82.2 cm³/mol. The van der Waals surface area contributed by atoms with Gasteiger partial charge in [-0.1, -0.05) is 17.3 Å². The van der Waals surface area contributed by atoms with Crippen molar-refractivity contribution in [1.29, 1.82) is 0 Å². The van der Waals surface area contributed by atoms with Crippen LogP contribution in [0.3, 0.4) is 0 Å². The number of hydrogen-bond acceptors (Lipinski definition) is 5. The van der Waals surface area contributed by atoms with Gasteiger partial charge in [0.05, 0.1) is 11.9 Å². The van der Waals surface area contributed by atoms with Crippen molar-refractivity contribution in [2.24, 2.45) is 0 Å². The zero-order chi connectivity index (χ0) is 17.1. The maximum atomic E-state index is 12.8. The molecule has 0 aliphatic carbocycles. The molecule has 8 heteroatoms. The quantitative estimate of drug-likeness (QED) is 0.718. The number of benzene rings is 1. The molecular formula is C16H15F2N5O. The van der Waals surface area contributed by atoms with E-state index in [2.05, 4.69) is 20.3 Å². The SMILES string of the molecule is Cc1cnc(OCc2cn(-c3cccc(C(F)F)c3)nn2)nc1C. The van der Waals surface area contributed by atoms with E-state index in [1.54, 1.807) is 24.5 Å². The predicted octanol–water partition coefficient (Wildman–Crippen LogP) is 3.19. The topological polar surface area (TPSA) is 65.7 Å². The van der Waals surface area contributed by atoms with Gasteiger partial charge in [0.25, 0.3) is 6.43 Å². The van der Waals surface area contributed by atoms with E-state index in [0.717, 1.165) is 11.3 Å². The lowest BCUT2D eigenvalue weighted by Crippen LogP contribution is -2.01. The minimum Gasteiger partial charge on any atom is -0.457 e. The second kappa shape index (κ2) is 6.69. The number of rotatable bonds is 5. The molecule has 2 aromatic heterocycles. The summed E-state index contributed by atoms with van der Waals surface area (Å²) >= 11 is 0. The number of halogens is 2. The molecule has 0 N–H and O–H groups in total. The van der Waals surface area contributed by atoms with E-state index in [-0.39, 0.29) is 18.2 Å². The van der Waals surface area contributed by atoms with Crippen molar-refractivity contribution in [3.8, 4) is 11.7 Å². The van der Waals surface area contributed by atoms with Gasteiger partial charge in [0.1, 0.15) is 12.3 Å². The molecule has 0 spiro atoms. The summed E-state index contributed by atoms with van der Waals surface area (Å²) < 4.78 is 32.4. The van der Waals surface area contributed by atoms with Gasteiger partial charge in [0, 0.05) is 17.5 Å². The first-order chi connectivity index (χ1) is 11.5. The van der Waals surface area contributed by atoms with Crippen LogP contribution >= 0.6 is 0 Å². The lowest BCUT2D eigenvalue weighted by molar-refractivity contribution is 0.151. The Bertz CT molecular complexity index is 850. The van der Waals surface area contributed by atoms with Crippen LogP contribution in [-0.4, -0.2) is 25.0 Å². The average molecular weight is 331 g/mol. The zero-order valence-electron chi connectivity index (χ0n) is 13.1. The normalized spacial score (nSPS) is 11.0. The number of alkyl halides is 2. The Balaban J connectivity index is 1.71. The standard InChI is InChI=1S/C16H15F2N5O/c1-10-7-19-16(20-11(10)2)24-9-13-8-23(22-21-13)14-5-3-4-12(6-14)15(17)18/h3-8,15H,9H2,1-2H3. The summed E-state index contributed by atoms with van der Waals surface area (Å²) in [5.41, 5.74) is 2.80. The molecule has 0 aliphatic rings. The van der Waals surface area contributed by atoms with Crippen molar-refractivity contribution in [2.45, 2.75) is 26.9 Å². The monoisotopic (exact) mass is 331 g/mol. The van der Waals surface area contributed by atoms with Crippen LogP contribution in [0.4, 0.5) is 8.78 Å². The lowest BCUT2D eigenvalue weighted by Gasteiger charge is -2.04. The molecule has 0 aliphatic heterocycles. The summed E-state index contributed by atoms with van der Waals surface area (Å²) in [4.78, 5) is 8.29. The minimum atomic E-state index is -2.53. The van der Waals surface area contributed by atoms with Crippen molar-refractivity contribution < 1.29 is 13.5 Å². The van der Waals surface area contributed by atoms with E-state index in [0.29, 0.717) is 11.4 Å². The minimum absolute atomic E-state index is 0.0654. The third kappa shape index (κ3) is 3.53. The molecule has 24 heavy (non-hydrogen) atoms. The van der Waals surface area contributed by atoms with Crippen molar-refractivity contribution in [1.82, 2.24) is 25.0 Å². The highest BCUT2D eigenvalue weighted by atomic mass is 19.3. The highest BCUT2D eigenvalue weighted by Crippen LogP contribution is 2.21. The maximum Gasteiger partial charge on any atom is 0.316 e. The first-order valence-corrected chi connectivity index (χ1v) is 7.25. The average Bonchev–Trinajstić information content (AvgIpc) is 3.05. The third-order valence-electron chi connectivity index (χ3n) is 3.48. The van der Waals surface area contributed by atoms with Gasteiger partial charge in [-0.05, 0) is 31.5 Å². The van der Waals surface area contributed by atoms with Gasteiger partial charge in [-0.2, -0.15) is 0 Å². The van der Waals surface area contributed by atoms with Crippen LogP contribution in [0.25, 0.3) is 5.69 Å². The van der Waals surface area contributed by atoms with Crippen molar-refractivity contribution in [3.63, 3.8) is 0 Å². The van der Waals surface area contributed by atoms with Crippen molar-refractivity contribution in [3.05, 3.63) is 59.2 Å². The van der Waals surface area contributed by atoms with Gasteiger partial charge in [-0.25, -0.2) is 23.4 Å². The van der Waals surface area contributed by atoms with Crippen LogP contribution in [0.5, 0.6) is 6.01 Å². The Labute approximate surface area is 137 Å². The molecule has 3 aromatic rings. The molecule has 0 bridgehead atoms. The summed E-state index contributed by atoms with van der Waals surface area (Å²) in [6.45, 7) is 3.92. The fourth-order valence-electron chi connectivity index (χ4n) is 2.01. The molecule has 0 saturated heterocycles. The maximum absolute atomic E-state index is 12.8. The van der Waals surface area contributed by atoms with Crippen LogP contribution in [-0.2, 0) is 6.61 Å². The lowest BCUT2D eigenvalue weighted by atomic mass is 10.2. The number of aryl methyl sites for hydroxylation is 2. The molecule has 0 saturated carbocycles. The number of ether oxygens (including phenoxy) is 1. The highest BCUT2D eigenvalue weighted by molar-refractivity contribution is 5.35. The van der Waals surface area contributed by atoms with Crippen LogP contribution in [0.2, 0.25) is 0 Å². The second-order valence-electron chi connectivity index (χ2n) is 5.26. The Morgan fingerprint density at radius 3 is 2.83 bits per heavy atom. The number of nitrogens with zero attached hydrogens (tertiary/aromatic N) is 5. The first-order valence-electron chi connectivity index (χ1n) is 7.25. The van der Waals surface area contributed by atoms with Crippen molar-refractivity contribution >= 4 is 0 Å². The van der Waals surface area contributed by atoms with E-state index in [1.807, 2.05) is 13.8 Å². The van der Waals surface area contributed by atoms with Gasteiger partial charge >= 0.3 is 6.01 Å². The zero-order valence-corrected chi connectivity index (χ0v) is 13.1. The van der Waals surface area contributed by atoms with E-state index in [4.69, 9.17) is 4.74 Å². The van der Waals surface area contributed by atoms with Gasteiger partial charge in [-0.15, -0.1) is 5.10 Å². The molecule has 2 heterocycles. The van der Waals surface area contributed by atoms with E-state index in [9.17, 15) is 8.78 Å². The molecule has 0 amide bonds. The fraction of sp³-hybridized carbons (Fsp3) is 0.250. The molecule has 0 radical (unpaired) electrons. The van der Waals surface area contributed by atoms with Gasteiger partial charge in [0.2, 0.25) is 0 Å². The van der Waals surface area contributed by atoms with E-state index in [1.165, 1.54) is 16.8 Å². The Morgan fingerprint density at radius 2 is 2.08 bits per heavy atom.